The number of thiocarbonyl (C=S) groups is 1. The molecule has 0 spiro atoms. The van der Waals surface area contributed by atoms with Gasteiger partial charge in [0.2, 0.25) is 0 Å². The molecular formula is C18H16BrCl2N3O3S. The molecule has 2 rings (SSSR count). The molecule has 0 aromatic heterocycles. The molecule has 0 bridgehead atoms. The van der Waals surface area contributed by atoms with Gasteiger partial charge < -0.3 is 4.74 Å². The molecule has 0 saturated carbocycles. The predicted molar refractivity (Wildman–Crippen MR) is 117 cm³/mol. The number of hydrazine groups is 1. The lowest BCUT2D eigenvalue weighted by Crippen LogP contribution is -2.48. The largest absolute Gasteiger partial charge is 0.493 e. The molecule has 0 fully saturated rings. The van der Waals surface area contributed by atoms with Gasteiger partial charge in [-0.2, -0.15) is 0 Å². The van der Waals surface area contributed by atoms with Crippen molar-refractivity contribution in [3.63, 3.8) is 0 Å². The summed E-state index contributed by atoms with van der Waals surface area (Å²) in [5.41, 5.74) is 5.33. The molecule has 3 N–H and O–H groups in total. The predicted octanol–water partition coefficient (Wildman–Crippen LogP) is 4.49. The second-order valence-corrected chi connectivity index (χ2v) is 7.64. The molecular weight excluding hydrogens is 489 g/mol. The highest BCUT2D eigenvalue weighted by Gasteiger charge is 2.16. The number of nitrogens with one attached hydrogen (secondary N) is 3. The quantitative estimate of drug-likeness (QED) is 0.413. The second-order valence-electron chi connectivity index (χ2n) is 5.48. The van der Waals surface area contributed by atoms with Crippen molar-refractivity contribution >= 4 is 68.3 Å². The van der Waals surface area contributed by atoms with Crippen LogP contribution in [0.3, 0.4) is 0 Å². The highest BCUT2D eigenvalue weighted by Crippen LogP contribution is 2.23. The average molecular weight is 505 g/mol. The summed E-state index contributed by atoms with van der Waals surface area (Å²) in [5.74, 6) is -0.585. The molecule has 0 aliphatic carbocycles. The standard InChI is InChI=1S/C18H16BrCl2N3O3S/c1-2-7-27-15-6-3-10(19)8-13(15)16(25)22-18(28)24-23-17(26)12-5-4-11(20)9-14(12)21/h3-6,8-9H,2,7H2,1H3,(H,23,26)(H2,22,24,25,28). The highest BCUT2D eigenvalue weighted by atomic mass is 79.9. The lowest BCUT2D eigenvalue weighted by atomic mass is 10.2. The summed E-state index contributed by atoms with van der Waals surface area (Å²) < 4.78 is 6.30. The molecule has 2 aromatic carbocycles. The lowest BCUT2D eigenvalue weighted by molar-refractivity contribution is 0.0933. The Morgan fingerprint density at radius 3 is 2.50 bits per heavy atom. The number of carbonyl (C=O) groups excluding carboxylic acids is 2. The molecule has 0 heterocycles. The maximum atomic E-state index is 12.5. The van der Waals surface area contributed by atoms with E-state index in [1.165, 1.54) is 18.2 Å². The molecule has 6 nitrogen and oxygen atoms in total. The van der Waals surface area contributed by atoms with E-state index in [1.807, 2.05) is 6.92 Å². The van der Waals surface area contributed by atoms with E-state index in [0.717, 1.165) is 6.42 Å². The van der Waals surface area contributed by atoms with Crippen molar-refractivity contribution in [3.05, 3.63) is 62.0 Å². The smallest absolute Gasteiger partial charge is 0.271 e. The highest BCUT2D eigenvalue weighted by molar-refractivity contribution is 9.10. The first-order valence-corrected chi connectivity index (χ1v) is 10.1. The summed E-state index contributed by atoms with van der Waals surface area (Å²) in [7, 11) is 0. The molecule has 10 heteroatoms. The Bertz CT molecular complexity index is 912. The number of hydrogen-bond donors (Lipinski definition) is 3. The summed E-state index contributed by atoms with van der Waals surface area (Å²) in [5, 5.41) is 2.99. The maximum absolute atomic E-state index is 12.5. The van der Waals surface area contributed by atoms with Crippen molar-refractivity contribution in [1.82, 2.24) is 16.2 Å². The van der Waals surface area contributed by atoms with Gasteiger partial charge >= 0.3 is 0 Å². The normalized spacial score (nSPS) is 10.1. The average Bonchev–Trinajstić information content (AvgIpc) is 2.65. The minimum Gasteiger partial charge on any atom is -0.493 e. The summed E-state index contributed by atoms with van der Waals surface area (Å²) in [6, 6.07) is 9.54. The van der Waals surface area contributed by atoms with Crippen molar-refractivity contribution in [2.45, 2.75) is 13.3 Å². The van der Waals surface area contributed by atoms with Gasteiger partial charge in [0, 0.05) is 9.50 Å². The van der Waals surface area contributed by atoms with E-state index in [4.69, 9.17) is 40.2 Å². The van der Waals surface area contributed by atoms with E-state index >= 15 is 0 Å². The maximum Gasteiger partial charge on any atom is 0.271 e. The van der Waals surface area contributed by atoms with Gasteiger partial charge in [-0.25, -0.2) is 0 Å². The number of ether oxygens (including phenoxy) is 1. The zero-order valence-electron chi connectivity index (χ0n) is 14.6. The zero-order chi connectivity index (χ0) is 20.7. The topological polar surface area (TPSA) is 79.5 Å². The van der Waals surface area contributed by atoms with Crippen LogP contribution >= 0.6 is 51.3 Å². The first-order valence-electron chi connectivity index (χ1n) is 8.11. The molecule has 0 unspecified atom stereocenters. The monoisotopic (exact) mass is 503 g/mol. The molecule has 148 valence electrons. The van der Waals surface area contributed by atoms with Crippen molar-refractivity contribution in [3.8, 4) is 5.75 Å². The van der Waals surface area contributed by atoms with E-state index in [1.54, 1.807) is 18.2 Å². The Hall–Kier alpha value is -1.87. The van der Waals surface area contributed by atoms with Gasteiger partial charge in [0.15, 0.2) is 5.11 Å². The number of halogens is 3. The van der Waals surface area contributed by atoms with Crippen LogP contribution in [0.2, 0.25) is 10.0 Å². The zero-order valence-corrected chi connectivity index (χ0v) is 18.6. The first-order chi connectivity index (χ1) is 13.3. The number of rotatable bonds is 5. The van der Waals surface area contributed by atoms with Crippen LogP contribution in [-0.4, -0.2) is 23.5 Å². The summed E-state index contributed by atoms with van der Waals surface area (Å²) >= 11 is 20.2. The number of amides is 2. The Morgan fingerprint density at radius 2 is 1.82 bits per heavy atom. The van der Waals surface area contributed by atoms with Gasteiger partial charge in [0.05, 0.1) is 22.8 Å². The summed E-state index contributed by atoms with van der Waals surface area (Å²) in [6.07, 6.45) is 0.802. The SMILES string of the molecule is CCCOc1ccc(Br)cc1C(=O)NC(=S)NNC(=O)c1ccc(Cl)cc1Cl. The molecule has 2 aromatic rings. The molecule has 0 aliphatic rings. The first kappa shape index (κ1) is 22.4. The van der Waals surface area contributed by atoms with Gasteiger partial charge in [0.25, 0.3) is 11.8 Å². The van der Waals surface area contributed by atoms with Gasteiger partial charge in [-0.15, -0.1) is 0 Å². The van der Waals surface area contributed by atoms with E-state index in [2.05, 4.69) is 32.1 Å². The Kier molecular flexibility index (Phi) is 8.50. The third-order valence-electron chi connectivity index (χ3n) is 3.34. The van der Waals surface area contributed by atoms with Crippen LogP contribution in [0.25, 0.3) is 0 Å². The molecule has 0 aliphatic heterocycles. The van der Waals surface area contributed by atoms with E-state index in [9.17, 15) is 9.59 Å². The molecule has 0 atom stereocenters. The van der Waals surface area contributed by atoms with Crippen LogP contribution in [0.4, 0.5) is 0 Å². The minimum absolute atomic E-state index is 0.0927. The second kappa shape index (κ2) is 10.6. The van der Waals surface area contributed by atoms with Crippen molar-refractivity contribution < 1.29 is 14.3 Å². The Labute approximate surface area is 186 Å². The van der Waals surface area contributed by atoms with Crippen LogP contribution in [0.1, 0.15) is 34.1 Å². The minimum atomic E-state index is -0.535. The van der Waals surface area contributed by atoms with Crippen molar-refractivity contribution in [1.29, 1.82) is 0 Å². The summed E-state index contributed by atoms with van der Waals surface area (Å²) in [6.45, 7) is 2.44. The van der Waals surface area contributed by atoms with E-state index in [-0.39, 0.29) is 15.7 Å². The van der Waals surface area contributed by atoms with Gasteiger partial charge in [-0.3, -0.25) is 25.8 Å². The Morgan fingerprint density at radius 1 is 1.07 bits per heavy atom. The number of hydrogen-bond acceptors (Lipinski definition) is 4. The van der Waals surface area contributed by atoms with Crippen LogP contribution < -0.4 is 20.9 Å². The van der Waals surface area contributed by atoms with Crippen LogP contribution in [-0.2, 0) is 0 Å². The van der Waals surface area contributed by atoms with E-state index < -0.39 is 11.8 Å². The fourth-order valence-electron chi connectivity index (χ4n) is 2.07. The summed E-state index contributed by atoms with van der Waals surface area (Å²) in [4.78, 5) is 24.7. The van der Waals surface area contributed by atoms with Crippen LogP contribution in [0, 0.1) is 0 Å². The van der Waals surface area contributed by atoms with Crippen molar-refractivity contribution in [2.75, 3.05) is 6.61 Å². The molecule has 0 saturated heterocycles. The van der Waals surface area contributed by atoms with Crippen LogP contribution in [0.15, 0.2) is 40.9 Å². The molecule has 0 radical (unpaired) electrons. The fraction of sp³-hybridized carbons (Fsp3) is 0.167. The van der Waals surface area contributed by atoms with Gasteiger partial charge in [0.1, 0.15) is 5.75 Å². The fourth-order valence-corrected chi connectivity index (χ4v) is 3.07. The lowest BCUT2D eigenvalue weighted by Gasteiger charge is -2.14. The number of carbonyl (C=O) groups is 2. The van der Waals surface area contributed by atoms with Crippen LogP contribution in [0.5, 0.6) is 5.75 Å². The molecule has 2 amide bonds. The third-order valence-corrected chi connectivity index (χ3v) is 4.59. The van der Waals surface area contributed by atoms with Gasteiger partial charge in [-0.1, -0.05) is 46.1 Å². The third kappa shape index (κ3) is 6.34. The Balaban J connectivity index is 1.98. The number of benzene rings is 2. The van der Waals surface area contributed by atoms with Crippen molar-refractivity contribution in [2.24, 2.45) is 0 Å². The van der Waals surface area contributed by atoms with Gasteiger partial charge in [-0.05, 0) is 55.0 Å². The van der Waals surface area contributed by atoms with E-state index in [0.29, 0.717) is 27.4 Å². The molecule has 28 heavy (non-hydrogen) atoms.